The Morgan fingerprint density at radius 2 is 2.06 bits per heavy atom. The highest BCUT2D eigenvalue weighted by atomic mass is 35.5. The highest BCUT2D eigenvalue weighted by Crippen LogP contribution is 2.28. The fourth-order valence-electron chi connectivity index (χ4n) is 1.81. The normalized spacial score (nSPS) is 14.8. The van der Waals surface area contributed by atoms with Crippen molar-refractivity contribution in [2.75, 3.05) is 5.88 Å². The van der Waals surface area contributed by atoms with Crippen LogP contribution in [0.1, 0.15) is 49.2 Å². The molecule has 2 atom stereocenters. The predicted molar refractivity (Wildman–Crippen MR) is 73.9 cm³/mol. The molecule has 4 heteroatoms. The third-order valence-corrected chi connectivity index (χ3v) is 4.22. The summed E-state index contributed by atoms with van der Waals surface area (Å²) < 4.78 is 0. The third kappa shape index (κ3) is 4.59. The smallest absolute Gasteiger partial charge is 0.115 e. The standard InChI is InChI=1S/C13H21ClO2S/c1-2-3-4-5-6-10-7-8-17-13(10)12(16)11(15)9-14/h7-8,11-12,15-16H,2-6,9H2,1H3. The number of aliphatic hydroxyl groups is 2. The molecule has 2 N–H and O–H groups in total. The summed E-state index contributed by atoms with van der Waals surface area (Å²) in [5.74, 6) is 0.0638. The maximum absolute atomic E-state index is 9.94. The topological polar surface area (TPSA) is 40.5 Å². The highest BCUT2D eigenvalue weighted by Gasteiger charge is 2.21. The van der Waals surface area contributed by atoms with Gasteiger partial charge in [0.1, 0.15) is 6.10 Å². The van der Waals surface area contributed by atoms with E-state index < -0.39 is 12.2 Å². The molecule has 1 heterocycles. The van der Waals surface area contributed by atoms with E-state index in [1.807, 2.05) is 11.4 Å². The first-order chi connectivity index (χ1) is 8.20. The monoisotopic (exact) mass is 276 g/mol. The Bertz CT molecular complexity index is 314. The van der Waals surface area contributed by atoms with Crippen molar-refractivity contribution in [2.45, 2.75) is 51.2 Å². The van der Waals surface area contributed by atoms with Crippen molar-refractivity contribution >= 4 is 22.9 Å². The molecule has 0 aliphatic carbocycles. The van der Waals surface area contributed by atoms with Crippen molar-refractivity contribution < 1.29 is 10.2 Å². The van der Waals surface area contributed by atoms with Gasteiger partial charge in [0, 0.05) is 4.88 Å². The van der Waals surface area contributed by atoms with Gasteiger partial charge in [-0.05, 0) is 29.9 Å². The van der Waals surface area contributed by atoms with Crippen molar-refractivity contribution in [1.29, 1.82) is 0 Å². The fraction of sp³-hybridized carbons (Fsp3) is 0.692. The molecule has 1 aromatic rings. The van der Waals surface area contributed by atoms with Gasteiger partial charge in [-0.1, -0.05) is 26.2 Å². The minimum Gasteiger partial charge on any atom is -0.389 e. The van der Waals surface area contributed by atoms with E-state index in [9.17, 15) is 10.2 Å². The molecule has 17 heavy (non-hydrogen) atoms. The number of aryl methyl sites for hydroxylation is 1. The van der Waals surface area contributed by atoms with Gasteiger partial charge in [-0.25, -0.2) is 0 Å². The number of hydrogen-bond donors (Lipinski definition) is 2. The van der Waals surface area contributed by atoms with Crippen LogP contribution in [0, 0.1) is 0 Å². The van der Waals surface area contributed by atoms with Gasteiger partial charge >= 0.3 is 0 Å². The molecular formula is C13H21ClO2S. The SMILES string of the molecule is CCCCCCc1ccsc1C(O)C(O)CCl. The lowest BCUT2D eigenvalue weighted by Gasteiger charge is -2.15. The Hall–Kier alpha value is -0.0900. The van der Waals surface area contributed by atoms with Crippen molar-refractivity contribution in [3.8, 4) is 0 Å². The maximum Gasteiger partial charge on any atom is 0.115 e. The molecule has 2 unspecified atom stereocenters. The Morgan fingerprint density at radius 3 is 2.71 bits per heavy atom. The van der Waals surface area contributed by atoms with Crippen molar-refractivity contribution in [3.63, 3.8) is 0 Å². The molecule has 1 aromatic heterocycles. The van der Waals surface area contributed by atoms with Crippen molar-refractivity contribution in [2.24, 2.45) is 0 Å². The van der Waals surface area contributed by atoms with Gasteiger partial charge in [-0.15, -0.1) is 22.9 Å². The summed E-state index contributed by atoms with van der Waals surface area (Å²) in [7, 11) is 0. The molecule has 0 fully saturated rings. The van der Waals surface area contributed by atoms with Crippen LogP contribution in [0.4, 0.5) is 0 Å². The second-order valence-corrected chi connectivity index (χ2v) is 5.54. The van der Waals surface area contributed by atoms with Gasteiger partial charge in [0.05, 0.1) is 12.0 Å². The molecule has 0 bridgehead atoms. The third-order valence-electron chi connectivity index (χ3n) is 2.87. The summed E-state index contributed by atoms with van der Waals surface area (Å²) in [6.07, 6.45) is 4.11. The summed E-state index contributed by atoms with van der Waals surface area (Å²) in [6.45, 7) is 2.19. The Balaban J connectivity index is 2.53. The zero-order valence-electron chi connectivity index (χ0n) is 10.2. The Morgan fingerprint density at radius 1 is 1.29 bits per heavy atom. The molecule has 98 valence electrons. The summed E-state index contributed by atoms with van der Waals surface area (Å²) >= 11 is 7.05. The quantitative estimate of drug-likeness (QED) is 0.564. The highest BCUT2D eigenvalue weighted by molar-refractivity contribution is 7.10. The lowest BCUT2D eigenvalue weighted by atomic mass is 10.0. The molecule has 0 radical (unpaired) electrons. The van der Waals surface area contributed by atoms with Gasteiger partial charge in [0.15, 0.2) is 0 Å². The number of thiophene rings is 1. The average molecular weight is 277 g/mol. The van der Waals surface area contributed by atoms with E-state index in [2.05, 4.69) is 6.92 Å². The Labute approximate surface area is 112 Å². The van der Waals surface area contributed by atoms with Gasteiger partial charge in [-0.2, -0.15) is 0 Å². The molecular weight excluding hydrogens is 256 g/mol. The number of unbranched alkanes of at least 4 members (excludes halogenated alkanes) is 3. The summed E-state index contributed by atoms with van der Waals surface area (Å²) in [5, 5.41) is 21.5. The fourth-order valence-corrected chi connectivity index (χ4v) is 2.98. The molecule has 2 nitrogen and oxygen atoms in total. The van der Waals surface area contributed by atoms with E-state index in [1.54, 1.807) is 0 Å². The van der Waals surface area contributed by atoms with Crippen LogP contribution in [0.5, 0.6) is 0 Å². The van der Waals surface area contributed by atoms with Crippen LogP contribution >= 0.6 is 22.9 Å². The predicted octanol–water partition coefficient (Wildman–Crippen LogP) is 3.50. The first-order valence-corrected chi connectivity index (χ1v) is 7.60. The molecule has 0 amide bonds. The number of aliphatic hydroxyl groups excluding tert-OH is 2. The van der Waals surface area contributed by atoms with E-state index in [-0.39, 0.29) is 5.88 Å². The van der Waals surface area contributed by atoms with Crippen LogP contribution in [0.2, 0.25) is 0 Å². The second-order valence-electron chi connectivity index (χ2n) is 4.29. The van der Waals surface area contributed by atoms with Gasteiger partial charge < -0.3 is 10.2 Å². The van der Waals surface area contributed by atoms with Crippen LogP contribution in [0.25, 0.3) is 0 Å². The van der Waals surface area contributed by atoms with Gasteiger partial charge in [0.2, 0.25) is 0 Å². The van der Waals surface area contributed by atoms with E-state index in [0.29, 0.717) is 0 Å². The molecule has 0 saturated carbocycles. The van der Waals surface area contributed by atoms with E-state index in [4.69, 9.17) is 11.6 Å². The number of hydrogen-bond acceptors (Lipinski definition) is 3. The van der Waals surface area contributed by atoms with Crippen molar-refractivity contribution in [1.82, 2.24) is 0 Å². The summed E-state index contributed by atoms with van der Waals surface area (Å²) in [4.78, 5) is 0.870. The van der Waals surface area contributed by atoms with Crippen LogP contribution in [0.15, 0.2) is 11.4 Å². The summed E-state index contributed by atoms with van der Waals surface area (Å²) in [6, 6.07) is 2.04. The first-order valence-electron chi connectivity index (χ1n) is 6.19. The lowest BCUT2D eigenvalue weighted by molar-refractivity contribution is 0.0345. The molecule has 0 aromatic carbocycles. The number of alkyl halides is 1. The van der Waals surface area contributed by atoms with Gasteiger partial charge in [-0.3, -0.25) is 0 Å². The lowest BCUT2D eigenvalue weighted by Crippen LogP contribution is -2.19. The zero-order chi connectivity index (χ0) is 12.7. The zero-order valence-corrected chi connectivity index (χ0v) is 11.8. The maximum atomic E-state index is 9.94. The average Bonchev–Trinajstić information content (AvgIpc) is 2.81. The molecule has 1 rings (SSSR count). The molecule has 0 saturated heterocycles. The van der Waals surface area contributed by atoms with Crippen LogP contribution < -0.4 is 0 Å². The minimum absolute atomic E-state index is 0.0638. The first kappa shape index (κ1) is 15.0. The van der Waals surface area contributed by atoms with Crippen LogP contribution in [-0.2, 0) is 6.42 Å². The van der Waals surface area contributed by atoms with E-state index >= 15 is 0 Å². The van der Waals surface area contributed by atoms with E-state index in [1.165, 1.54) is 30.6 Å². The number of rotatable bonds is 8. The number of halogens is 1. The van der Waals surface area contributed by atoms with Crippen LogP contribution in [-0.4, -0.2) is 22.2 Å². The van der Waals surface area contributed by atoms with E-state index in [0.717, 1.165) is 23.3 Å². The Kier molecular flexibility index (Phi) is 7.12. The van der Waals surface area contributed by atoms with Crippen molar-refractivity contribution in [3.05, 3.63) is 21.9 Å². The molecule has 0 aliphatic rings. The van der Waals surface area contributed by atoms with Gasteiger partial charge in [0.25, 0.3) is 0 Å². The molecule has 0 aliphatic heterocycles. The van der Waals surface area contributed by atoms with Crippen LogP contribution in [0.3, 0.4) is 0 Å². The largest absolute Gasteiger partial charge is 0.389 e. The minimum atomic E-state index is -0.871. The summed E-state index contributed by atoms with van der Waals surface area (Å²) in [5.41, 5.74) is 1.16. The second kappa shape index (κ2) is 8.09. The molecule has 0 spiro atoms.